The van der Waals surface area contributed by atoms with E-state index < -0.39 is 0 Å². The molecule has 1 heteroatoms. The lowest BCUT2D eigenvalue weighted by atomic mass is 9.65. The van der Waals surface area contributed by atoms with Crippen LogP contribution >= 0.6 is 0 Å². The average Bonchev–Trinajstić information content (AvgIpc) is 2.25. The molecule has 0 N–H and O–H groups in total. The van der Waals surface area contributed by atoms with Gasteiger partial charge in [0.2, 0.25) is 0 Å². The van der Waals surface area contributed by atoms with Gasteiger partial charge in [-0.2, -0.15) is 0 Å². The van der Waals surface area contributed by atoms with E-state index in [-0.39, 0.29) is 10.8 Å². The van der Waals surface area contributed by atoms with Crippen LogP contribution in [0.4, 0.5) is 0 Å². The van der Waals surface area contributed by atoms with E-state index in [0.717, 1.165) is 5.52 Å². The van der Waals surface area contributed by atoms with E-state index in [2.05, 4.69) is 78.8 Å². The average molecular weight is 269 g/mol. The van der Waals surface area contributed by atoms with Crippen molar-refractivity contribution in [2.75, 3.05) is 0 Å². The zero-order chi connectivity index (χ0) is 15.1. The maximum absolute atomic E-state index is 4.95. The van der Waals surface area contributed by atoms with Crippen molar-refractivity contribution in [2.24, 2.45) is 10.8 Å². The summed E-state index contributed by atoms with van der Waals surface area (Å²) < 4.78 is 0. The molecule has 0 aliphatic rings. The molecule has 0 saturated carbocycles. The Labute approximate surface area is 123 Å². The Morgan fingerprint density at radius 2 is 1.45 bits per heavy atom. The first-order valence-corrected chi connectivity index (χ1v) is 7.46. The van der Waals surface area contributed by atoms with Crippen molar-refractivity contribution >= 4 is 10.9 Å². The van der Waals surface area contributed by atoms with Crippen LogP contribution in [0.5, 0.6) is 0 Å². The van der Waals surface area contributed by atoms with E-state index in [1.165, 1.54) is 16.6 Å². The summed E-state index contributed by atoms with van der Waals surface area (Å²) in [4.78, 5) is 4.95. The summed E-state index contributed by atoms with van der Waals surface area (Å²) in [5.41, 5.74) is 4.00. The number of nitrogens with zero attached hydrogens (tertiary/aromatic N) is 1. The Bertz CT molecular complexity index is 598. The number of aromatic nitrogens is 1. The van der Waals surface area contributed by atoms with E-state index in [1.807, 2.05) is 0 Å². The molecule has 0 saturated heterocycles. The molecule has 1 heterocycles. The van der Waals surface area contributed by atoms with E-state index in [9.17, 15) is 0 Å². The zero-order valence-electron chi connectivity index (χ0n) is 13.9. The minimum atomic E-state index is 0.198. The lowest BCUT2D eigenvalue weighted by Gasteiger charge is -2.40. The summed E-state index contributed by atoms with van der Waals surface area (Å²) in [6, 6.07) is 10.9. The number of rotatable bonds is 1. The molecule has 0 radical (unpaired) electrons. The zero-order valence-corrected chi connectivity index (χ0v) is 13.9. The van der Waals surface area contributed by atoms with Crippen LogP contribution in [-0.2, 0) is 0 Å². The van der Waals surface area contributed by atoms with Crippen LogP contribution in [-0.4, -0.2) is 4.98 Å². The predicted molar refractivity (Wildman–Crippen MR) is 88.1 cm³/mol. The molecule has 0 amide bonds. The fourth-order valence-corrected chi connectivity index (χ4v) is 3.61. The minimum Gasteiger partial charge on any atom is -0.253 e. The van der Waals surface area contributed by atoms with Gasteiger partial charge in [-0.3, -0.25) is 4.98 Å². The Balaban J connectivity index is 2.58. The van der Waals surface area contributed by atoms with Crippen LogP contribution in [0.3, 0.4) is 0 Å². The number of benzene rings is 1. The number of hydrogen-bond acceptors (Lipinski definition) is 1. The molecule has 0 unspecified atom stereocenters. The Kier molecular flexibility index (Phi) is 3.66. The number of aryl methyl sites for hydroxylation is 1. The Hall–Kier alpha value is -1.37. The quantitative estimate of drug-likeness (QED) is 0.645. The molecule has 2 aromatic rings. The van der Waals surface area contributed by atoms with Crippen molar-refractivity contribution in [3.63, 3.8) is 0 Å². The molecule has 0 aliphatic heterocycles. The maximum atomic E-state index is 4.95. The fraction of sp³-hybridized carbons (Fsp3) is 0.526. The first-order valence-electron chi connectivity index (χ1n) is 7.46. The summed E-state index contributed by atoms with van der Waals surface area (Å²) in [5.74, 6) is 0.431. The van der Waals surface area contributed by atoms with Crippen LogP contribution in [0.15, 0.2) is 30.3 Å². The lowest BCUT2D eigenvalue weighted by Crippen LogP contribution is -2.31. The second kappa shape index (κ2) is 4.87. The summed E-state index contributed by atoms with van der Waals surface area (Å²) in [6.45, 7) is 16.0. The van der Waals surface area contributed by atoms with Gasteiger partial charge in [0.15, 0.2) is 0 Å². The van der Waals surface area contributed by atoms with Gasteiger partial charge >= 0.3 is 0 Å². The van der Waals surface area contributed by atoms with Gasteiger partial charge in [0.05, 0.1) is 5.52 Å². The fourth-order valence-electron chi connectivity index (χ4n) is 3.61. The highest BCUT2D eigenvalue weighted by Crippen LogP contribution is 2.46. The largest absolute Gasteiger partial charge is 0.253 e. The van der Waals surface area contributed by atoms with E-state index >= 15 is 0 Å². The molecule has 0 bridgehead atoms. The number of hydrogen-bond donors (Lipinski definition) is 0. The van der Waals surface area contributed by atoms with Gasteiger partial charge in [-0.05, 0) is 36.0 Å². The van der Waals surface area contributed by atoms with Gasteiger partial charge in [0, 0.05) is 17.0 Å². The standard InChI is InChI=1S/C19H27N/c1-13-8-10-15-14(12-13)9-11-16(20-15)17(18(2,3)4)19(5,6)7/h8-12,17H,1-7H3. The van der Waals surface area contributed by atoms with Crippen molar-refractivity contribution in [1.29, 1.82) is 0 Å². The van der Waals surface area contributed by atoms with Crippen molar-refractivity contribution < 1.29 is 0 Å². The lowest BCUT2D eigenvalue weighted by molar-refractivity contribution is 0.172. The third kappa shape index (κ3) is 3.03. The third-order valence-corrected chi connectivity index (χ3v) is 3.89. The van der Waals surface area contributed by atoms with E-state index in [4.69, 9.17) is 4.98 Å². The molecular formula is C19H27N. The molecule has 0 atom stereocenters. The predicted octanol–water partition coefficient (Wildman–Crippen LogP) is 5.72. The molecule has 1 nitrogen and oxygen atoms in total. The monoisotopic (exact) mass is 269 g/mol. The molecule has 2 rings (SSSR count). The van der Waals surface area contributed by atoms with Crippen LogP contribution in [0.1, 0.15) is 58.7 Å². The van der Waals surface area contributed by atoms with Crippen molar-refractivity contribution in [1.82, 2.24) is 4.98 Å². The smallest absolute Gasteiger partial charge is 0.0705 e. The molecule has 20 heavy (non-hydrogen) atoms. The van der Waals surface area contributed by atoms with E-state index in [0.29, 0.717) is 5.92 Å². The first-order chi connectivity index (χ1) is 9.09. The van der Waals surface area contributed by atoms with Gasteiger partial charge < -0.3 is 0 Å². The molecule has 108 valence electrons. The van der Waals surface area contributed by atoms with Crippen LogP contribution in [0, 0.1) is 17.8 Å². The molecular weight excluding hydrogens is 242 g/mol. The summed E-state index contributed by atoms with van der Waals surface area (Å²) >= 11 is 0. The molecule has 0 aliphatic carbocycles. The maximum Gasteiger partial charge on any atom is 0.0705 e. The Morgan fingerprint density at radius 1 is 0.850 bits per heavy atom. The number of pyridine rings is 1. The highest BCUT2D eigenvalue weighted by molar-refractivity contribution is 5.79. The number of fused-ring (bicyclic) bond motifs is 1. The molecule has 1 aromatic carbocycles. The van der Waals surface area contributed by atoms with Crippen LogP contribution in [0.2, 0.25) is 0 Å². The van der Waals surface area contributed by atoms with Crippen molar-refractivity contribution in [3.8, 4) is 0 Å². The molecule has 0 fully saturated rings. The summed E-state index contributed by atoms with van der Waals surface area (Å²) in [6.07, 6.45) is 0. The highest BCUT2D eigenvalue weighted by atomic mass is 14.7. The normalized spacial score (nSPS) is 13.2. The topological polar surface area (TPSA) is 12.9 Å². The van der Waals surface area contributed by atoms with Gasteiger partial charge in [-0.15, -0.1) is 0 Å². The van der Waals surface area contributed by atoms with Crippen LogP contribution < -0.4 is 0 Å². The molecule has 0 spiro atoms. The first kappa shape index (κ1) is 15.0. The van der Waals surface area contributed by atoms with E-state index in [1.54, 1.807) is 0 Å². The van der Waals surface area contributed by atoms with Crippen molar-refractivity contribution in [3.05, 3.63) is 41.6 Å². The van der Waals surface area contributed by atoms with Gasteiger partial charge in [-0.1, -0.05) is 59.2 Å². The van der Waals surface area contributed by atoms with Gasteiger partial charge in [0.1, 0.15) is 0 Å². The minimum absolute atomic E-state index is 0.198. The Morgan fingerprint density at radius 3 is 2.00 bits per heavy atom. The van der Waals surface area contributed by atoms with Gasteiger partial charge in [0.25, 0.3) is 0 Å². The SMILES string of the molecule is Cc1ccc2nc(C(C(C)(C)C)C(C)(C)C)ccc2c1. The summed E-state index contributed by atoms with van der Waals surface area (Å²) in [5, 5.41) is 1.23. The second-order valence-electron chi connectivity index (χ2n) is 8.10. The highest BCUT2D eigenvalue weighted by Gasteiger charge is 2.37. The van der Waals surface area contributed by atoms with Gasteiger partial charge in [-0.25, -0.2) is 0 Å². The second-order valence-corrected chi connectivity index (χ2v) is 8.10. The summed E-state index contributed by atoms with van der Waals surface area (Å²) in [7, 11) is 0. The third-order valence-electron chi connectivity index (χ3n) is 3.89. The van der Waals surface area contributed by atoms with Crippen molar-refractivity contribution in [2.45, 2.75) is 54.4 Å². The van der Waals surface area contributed by atoms with Crippen LogP contribution in [0.25, 0.3) is 10.9 Å². The molecule has 1 aromatic heterocycles.